The Labute approximate surface area is 133 Å². The van der Waals surface area contributed by atoms with Crippen molar-refractivity contribution >= 4 is 0 Å². The van der Waals surface area contributed by atoms with E-state index < -0.39 is 17.7 Å². The number of nitrogens with zero attached hydrogens (tertiary/aromatic N) is 2. The number of β-amino-alcohol motifs (C(OH)–C–C–N with tert-alkyl or cyclic N) is 1. The Morgan fingerprint density at radius 2 is 2.00 bits per heavy atom. The quantitative estimate of drug-likeness (QED) is 0.947. The highest BCUT2D eigenvalue weighted by atomic mass is 19.2. The molecule has 0 saturated carbocycles. The average Bonchev–Trinajstić information content (AvgIpc) is 2.90. The summed E-state index contributed by atoms with van der Waals surface area (Å²) in [6.45, 7) is 0.997. The summed E-state index contributed by atoms with van der Waals surface area (Å²) in [4.78, 5) is 2.02. The lowest BCUT2D eigenvalue weighted by Crippen LogP contribution is -2.24. The van der Waals surface area contributed by atoms with Crippen LogP contribution in [-0.2, 0) is 6.54 Å². The first-order valence-electron chi connectivity index (χ1n) is 7.43. The maximum absolute atomic E-state index is 13.5. The molecule has 23 heavy (non-hydrogen) atoms. The minimum atomic E-state index is -0.879. The van der Waals surface area contributed by atoms with Gasteiger partial charge in [0, 0.05) is 19.1 Å². The minimum absolute atomic E-state index is 0.175. The van der Waals surface area contributed by atoms with E-state index in [9.17, 15) is 13.9 Å². The minimum Gasteiger partial charge on any atom is -0.392 e. The number of nitriles is 1. The number of halogens is 2. The summed E-state index contributed by atoms with van der Waals surface area (Å²) in [6, 6.07) is 13.0. The van der Waals surface area contributed by atoms with Gasteiger partial charge in [-0.05, 0) is 41.8 Å². The summed E-state index contributed by atoms with van der Waals surface area (Å²) in [5.74, 6) is -1.75. The van der Waals surface area contributed by atoms with Gasteiger partial charge >= 0.3 is 0 Å². The molecule has 0 aliphatic carbocycles. The molecule has 1 fully saturated rings. The van der Waals surface area contributed by atoms with Crippen molar-refractivity contribution in [3.8, 4) is 6.07 Å². The molecule has 1 aliphatic heterocycles. The van der Waals surface area contributed by atoms with Crippen LogP contribution in [0.1, 0.15) is 29.2 Å². The van der Waals surface area contributed by atoms with Crippen LogP contribution >= 0.6 is 0 Å². The molecule has 1 N–H and O–H groups in total. The molecule has 3 rings (SSSR count). The Kier molecular flexibility index (Phi) is 4.37. The molecule has 0 radical (unpaired) electrons. The standard InChI is InChI=1S/C18H16F2N2O/c19-16-5-4-14(7-17(16)20)18-8-15(23)11-22(18)10-13-3-1-2-12(6-13)9-21/h1-7,15,18,23H,8,10-11H2/t15-,18+/m0/s1. The van der Waals surface area contributed by atoms with Gasteiger partial charge in [0.1, 0.15) is 0 Å². The third kappa shape index (κ3) is 3.39. The Balaban J connectivity index is 1.84. The molecule has 0 amide bonds. The van der Waals surface area contributed by atoms with Crippen LogP contribution in [0.25, 0.3) is 0 Å². The largest absolute Gasteiger partial charge is 0.392 e. The molecule has 1 aliphatic rings. The van der Waals surface area contributed by atoms with Gasteiger partial charge in [0.25, 0.3) is 0 Å². The fraction of sp³-hybridized carbons (Fsp3) is 0.278. The van der Waals surface area contributed by atoms with Crippen molar-refractivity contribution in [3.05, 3.63) is 70.8 Å². The van der Waals surface area contributed by atoms with E-state index in [1.807, 2.05) is 17.0 Å². The van der Waals surface area contributed by atoms with E-state index in [1.165, 1.54) is 6.07 Å². The Hall–Kier alpha value is -2.29. The van der Waals surface area contributed by atoms with E-state index in [0.29, 0.717) is 30.6 Å². The summed E-state index contributed by atoms with van der Waals surface area (Å²) >= 11 is 0. The fourth-order valence-corrected chi connectivity index (χ4v) is 3.09. The second kappa shape index (κ2) is 6.45. The zero-order valence-electron chi connectivity index (χ0n) is 12.4. The van der Waals surface area contributed by atoms with E-state index in [0.717, 1.165) is 11.6 Å². The molecule has 3 nitrogen and oxygen atoms in total. The predicted molar refractivity (Wildman–Crippen MR) is 81.3 cm³/mol. The van der Waals surface area contributed by atoms with Gasteiger partial charge in [-0.3, -0.25) is 4.90 Å². The van der Waals surface area contributed by atoms with Crippen LogP contribution in [0.5, 0.6) is 0 Å². The Bertz CT molecular complexity index is 757. The molecule has 1 saturated heterocycles. The highest BCUT2D eigenvalue weighted by molar-refractivity contribution is 5.33. The second-order valence-corrected chi connectivity index (χ2v) is 5.82. The summed E-state index contributed by atoms with van der Waals surface area (Å²) in [7, 11) is 0. The van der Waals surface area contributed by atoms with Crippen LogP contribution in [0, 0.1) is 23.0 Å². The second-order valence-electron chi connectivity index (χ2n) is 5.82. The fourth-order valence-electron chi connectivity index (χ4n) is 3.09. The molecular weight excluding hydrogens is 298 g/mol. The molecular formula is C18H16F2N2O. The molecule has 2 atom stereocenters. The zero-order valence-corrected chi connectivity index (χ0v) is 12.4. The van der Waals surface area contributed by atoms with Gasteiger partial charge in [-0.1, -0.05) is 18.2 Å². The SMILES string of the molecule is N#Cc1cccc(CN2C[C@@H](O)C[C@@H]2c2ccc(F)c(F)c2)c1. The predicted octanol–water partition coefficient (Wildman–Crippen LogP) is 3.14. The van der Waals surface area contributed by atoms with E-state index in [1.54, 1.807) is 18.2 Å². The summed E-state index contributed by atoms with van der Waals surface area (Å²) in [5, 5.41) is 18.9. The normalized spacial score (nSPS) is 21.3. The number of benzene rings is 2. The lowest BCUT2D eigenvalue weighted by molar-refractivity contribution is 0.172. The average molecular weight is 314 g/mol. The van der Waals surface area contributed by atoms with E-state index >= 15 is 0 Å². The van der Waals surface area contributed by atoms with Gasteiger partial charge in [-0.25, -0.2) is 8.78 Å². The number of hydrogen-bond acceptors (Lipinski definition) is 3. The first-order valence-corrected chi connectivity index (χ1v) is 7.43. The summed E-state index contributed by atoms with van der Waals surface area (Å²) < 4.78 is 26.6. The van der Waals surface area contributed by atoms with E-state index in [2.05, 4.69) is 6.07 Å². The molecule has 2 aromatic rings. The molecule has 0 bridgehead atoms. The third-order valence-corrected chi connectivity index (χ3v) is 4.15. The van der Waals surface area contributed by atoms with Gasteiger partial charge in [-0.2, -0.15) is 5.26 Å². The summed E-state index contributed by atoms with van der Waals surface area (Å²) in [6.07, 6.45) is -0.0320. The van der Waals surface area contributed by atoms with Crippen LogP contribution in [0.15, 0.2) is 42.5 Å². The van der Waals surface area contributed by atoms with Crippen LogP contribution in [-0.4, -0.2) is 22.7 Å². The number of hydrogen-bond donors (Lipinski definition) is 1. The first-order chi connectivity index (χ1) is 11.1. The zero-order chi connectivity index (χ0) is 16.4. The monoisotopic (exact) mass is 314 g/mol. The van der Waals surface area contributed by atoms with Crippen molar-refractivity contribution in [2.24, 2.45) is 0 Å². The maximum atomic E-state index is 13.5. The molecule has 0 spiro atoms. The molecule has 1 heterocycles. The maximum Gasteiger partial charge on any atom is 0.159 e. The number of aliphatic hydroxyl groups is 1. The number of rotatable bonds is 3. The van der Waals surface area contributed by atoms with Crippen molar-refractivity contribution in [1.82, 2.24) is 4.90 Å². The lowest BCUT2D eigenvalue weighted by Gasteiger charge is -2.24. The number of aliphatic hydroxyl groups excluding tert-OH is 1. The van der Waals surface area contributed by atoms with Crippen molar-refractivity contribution in [2.75, 3.05) is 6.54 Å². The topological polar surface area (TPSA) is 47.3 Å². The first kappa shape index (κ1) is 15.6. The van der Waals surface area contributed by atoms with Gasteiger partial charge in [0.15, 0.2) is 11.6 Å². The highest BCUT2D eigenvalue weighted by Gasteiger charge is 2.32. The third-order valence-electron chi connectivity index (χ3n) is 4.15. The van der Waals surface area contributed by atoms with Crippen LogP contribution in [0.3, 0.4) is 0 Å². The van der Waals surface area contributed by atoms with Gasteiger partial charge in [0.2, 0.25) is 0 Å². The molecule has 2 aromatic carbocycles. The van der Waals surface area contributed by atoms with Gasteiger partial charge in [0.05, 0.1) is 17.7 Å². The van der Waals surface area contributed by atoms with Gasteiger partial charge in [-0.15, -0.1) is 0 Å². The highest BCUT2D eigenvalue weighted by Crippen LogP contribution is 2.34. The van der Waals surface area contributed by atoms with Crippen molar-refractivity contribution in [3.63, 3.8) is 0 Å². The lowest BCUT2D eigenvalue weighted by atomic mass is 10.0. The molecule has 0 unspecified atom stereocenters. The van der Waals surface area contributed by atoms with E-state index in [-0.39, 0.29) is 6.04 Å². The van der Waals surface area contributed by atoms with Gasteiger partial charge < -0.3 is 5.11 Å². The van der Waals surface area contributed by atoms with Crippen molar-refractivity contribution in [2.45, 2.75) is 25.1 Å². The Morgan fingerprint density at radius 1 is 1.17 bits per heavy atom. The van der Waals surface area contributed by atoms with E-state index in [4.69, 9.17) is 5.26 Å². The van der Waals surface area contributed by atoms with Crippen LogP contribution < -0.4 is 0 Å². The molecule has 0 aromatic heterocycles. The summed E-state index contributed by atoms with van der Waals surface area (Å²) in [5.41, 5.74) is 2.18. The van der Waals surface area contributed by atoms with Crippen LogP contribution in [0.4, 0.5) is 8.78 Å². The number of likely N-dealkylation sites (tertiary alicyclic amines) is 1. The molecule has 5 heteroatoms. The Morgan fingerprint density at radius 3 is 2.74 bits per heavy atom. The molecule has 118 valence electrons. The van der Waals surface area contributed by atoms with Crippen LogP contribution in [0.2, 0.25) is 0 Å². The van der Waals surface area contributed by atoms with Crippen molar-refractivity contribution < 1.29 is 13.9 Å². The smallest absolute Gasteiger partial charge is 0.159 e. The van der Waals surface area contributed by atoms with Crippen molar-refractivity contribution in [1.29, 1.82) is 5.26 Å².